The first-order valence-corrected chi connectivity index (χ1v) is 5.02. The summed E-state index contributed by atoms with van der Waals surface area (Å²) >= 11 is 0. The van der Waals surface area contributed by atoms with Crippen LogP contribution in [0.4, 0.5) is 0 Å². The Labute approximate surface area is 74.9 Å². The summed E-state index contributed by atoms with van der Waals surface area (Å²) in [5.41, 5.74) is -0.539. The number of hydrogen-bond donors (Lipinski definition) is 1. The van der Waals surface area contributed by atoms with Crippen LogP contribution in [-0.4, -0.2) is 22.9 Å². The van der Waals surface area contributed by atoms with E-state index in [9.17, 15) is 5.11 Å². The summed E-state index contributed by atoms with van der Waals surface area (Å²) in [4.78, 5) is 0. The number of epoxide rings is 1. The molecular formula is C10H20O2. The third kappa shape index (κ3) is 1.99. The van der Waals surface area contributed by atoms with Crippen LogP contribution in [0, 0.1) is 0 Å². The van der Waals surface area contributed by atoms with Gasteiger partial charge in [0.25, 0.3) is 0 Å². The van der Waals surface area contributed by atoms with Gasteiger partial charge in [0.1, 0.15) is 6.10 Å². The zero-order valence-electron chi connectivity index (χ0n) is 8.34. The highest BCUT2D eigenvalue weighted by Gasteiger charge is 2.50. The third-order valence-electron chi connectivity index (χ3n) is 2.61. The molecule has 0 aromatic carbocycles. The minimum Gasteiger partial charge on any atom is -0.387 e. The van der Waals surface area contributed by atoms with Crippen LogP contribution < -0.4 is 0 Å². The molecule has 2 nitrogen and oxygen atoms in total. The zero-order chi connectivity index (χ0) is 9.19. The Kier molecular flexibility index (Phi) is 3.13. The maximum Gasteiger partial charge on any atom is 0.112 e. The maximum absolute atomic E-state index is 10.2. The molecule has 0 bridgehead atoms. The van der Waals surface area contributed by atoms with E-state index < -0.39 is 5.60 Å². The van der Waals surface area contributed by atoms with E-state index in [1.54, 1.807) is 0 Å². The van der Waals surface area contributed by atoms with Gasteiger partial charge in [0.05, 0.1) is 11.7 Å². The molecule has 0 radical (unpaired) electrons. The molecule has 1 fully saturated rings. The van der Waals surface area contributed by atoms with Crippen molar-refractivity contribution in [2.45, 2.75) is 64.3 Å². The number of aliphatic hydroxyl groups is 1. The number of hydrogen-bond acceptors (Lipinski definition) is 2. The molecule has 0 aromatic heterocycles. The predicted molar refractivity (Wildman–Crippen MR) is 49.1 cm³/mol. The smallest absolute Gasteiger partial charge is 0.112 e. The molecule has 1 aliphatic rings. The molecule has 0 aliphatic carbocycles. The molecular weight excluding hydrogens is 152 g/mol. The Hall–Kier alpha value is -0.0800. The average molecular weight is 172 g/mol. The molecule has 2 heteroatoms. The van der Waals surface area contributed by atoms with E-state index in [4.69, 9.17) is 4.74 Å². The van der Waals surface area contributed by atoms with E-state index in [-0.39, 0.29) is 12.2 Å². The zero-order valence-corrected chi connectivity index (χ0v) is 8.34. The van der Waals surface area contributed by atoms with Gasteiger partial charge in [-0.2, -0.15) is 0 Å². The molecule has 72 valence electrons. The molecule has 0 saturated carbocycles. The van der Waals surface area contributed by atoms with Crippen molar-refractivity contribution in [2.75, 3.05) is 0 Å². The van der Waals surface area contributed by atoms with Crippen LogP contribution >= 0.6 is 0 Å². The van der Waals surface area contributed by atoms with E-state index >= 15 is 0 Å². The van der Waals surface area contributed by atoms with Crippen molar-refractivity contribution in [2.24, 2.45) is 0 Å². The van der Waals surface area contributed by atoms with Crippen molar-refractivity contribution in [3.05, 3.63) is 0 Å². The van der Waals surface area contributed by atoms with Gasteiger partial charge in [0, 0.05) is 0 Å². The topological polar surface area (TPSA) is 32.8 Å². The first-order chi connectivity index (χ1) is 5.64. The monoisotopic (exact) mass is 172 g/mol. The van der Waals surface area contributed by atoms with Crippen molar-refractivity contribution < 1.29 is 9.84 Å². The molecule has 1 rings (SSSR count). The van der Waals surface area contributed by atoms with E-state index in [2.05, 4.69) is 13.8 Å². The second kappa shape index (κ2) is 3.75. The Morgan fingerprint density at radius 2 is 1.67 bits per heavy atom. The van der Waals surface area contributed by atoms with Crippen molar-refractivity contribution in [3.63, 3.8) is 0 Å². The van der Waals surface area contributed by atoms with E-state index in [0.717, 1.165) is 25.7 Å². The molecule has 0 spiro atoms. The molecule has 12 heavy (non-hydrogen) atoms. The lowest BCUT2D eigenvalue weighted by Crippen LogP contribution is -2.35. The molecule has 1 heterocycles. The first kappa shape index (κ1) is 10.0. The molecule has 0 aromatic rings. The Morgan fingerprint density at radius 3 is 1.92 bits per heavy atom. The van der Waals surface area contributed by atoms with Gasteiger partial charge in [0.2, 0.25) is 0 Å². The van der Waals surface area contributed by atoms with Gasteiger partial charge < -0.3 is 9.84 Å². The van der Waals surface area contributed by atoms with E-state index in [1.165, 1.54) is 0 Å². The van der Waals surface area contributed by atoms with Gasteiger partial charge in [-0.25, -0.2) is 0 Å². The van der Waals surface area contributed by atoms with Crippen molar-refractivity contribution in [1.82, 2.24) is 0 Å². The Bertz CT molecular complexity index is 139. The standard InChI is InChI=1S/C10H20O2/c1-4-6-10(11,7-5-2)9-8(3)12-9/h8-9,11H,4-7H2,1-3H3. The average Bonchev–Trinajstić information content (AvgIpc) is 2.68. The number of rotatable bonds is 5. The lowest BCUT2D eigenvalue weighted by Gasteiger charge is -2.25. The summed E-state index contributed by atoms with van der Waals surface area (Å²) < 4.78 is 5.34. The normalized spacial score (nSPS) is 29.0. The van der Waals surface area contributed by atoms with E-state index in [0.29, 0.717) is 0 Å². The predicted octanol–water partition coefficient (Wildman–Crippen LogP) is 2.10. The number of ether oxygens (including phenoxy) is 1. The van der Waals surface area contributed by atoms with E-state index in [1.807, 2.05) is 6.92 Å². The molecule has 1 aliphatic heterocycles. The molecule has 0 amide bonds. The fraction of sp³-hybridized carbons (Fsp3) is 1.00. The fourth-order valence-corrected chi connectivity index (χ4v) is 2.02. The van der Waals surface area contributed by atoms with Gasteiger partial charge in [-0.3, -0.25) is 0 Å². The van der Waals surface area contributed by atoms with Gasteiger partial charge in [0.15, 0.2) is 0 Å². The summed E-state index contributed by atoms with van der Waals surface area (Å²) in [6.45, 7) is 6.24. The second-order valence-electron chi connectivity index (χ2n) is 3.87. The third-order valence-corrected chi connectivity index (χ3v) is 2.61. The quantitative estimate of drug-likeness (QED) is 0.644. The lowest BCUT2D eigenvalue weighted by atomic mass is 9.88. The summed E-state index contributed by atoms with van der Waals surface area (Å²) in [5, 5.41) is 10.2. The summed E-state index contributed by atoms with van der Waals surface area (Å²) in [6, 6.07) is 0. The Morgan fingerprint density at radius 1 is 1.25 bits per heavy atom. The van der Waals surface area contributed by atoms with Crippen LogP contribution in [0.2, 0.25) is 0 Å². The van der Waals surface area contributed by atoms with Crippen LogP contribution in [0.3, 0.4) is 0 Å². The minimum atomic E-state index is -0.539. The van der Waals surface area contributed by atoms with Crippen LogP contribution in [-0.2, 0) is 4.74 Å². The second-order valence-corrected chi connectivity index (χ2v) is 3.87. The van der Waals surface area contributed by atoms with Crippen LogP contribution in [0.25, 0.3) is 0 Å². The maximum atomic E-state index is 10.2. The van der Waals surface area contributed by atoms with Crippen molar-refractivity contribution >= 4 is 0 Å². The largest absolute Gasteiger partial charge is 0.387 e. The van der Waals surface area contributed by atoms with Gasteiger partial charge >= 0.3 is 0 Å². The SMILES string of the molecule is CCCC(O)(CCC)C1OC1C. The highest BCUT2D eigenvalue weighted by Crippen LogP contribution is 2.38. The molecule has 2 atom stereocenters. The van der Waals surface area contributed by atoms with Gasteiger partial charge in [-0.1, -0.05) is 26.7 Å². The highest BCUT2D eigenvalue weighted by molar-refractivity contribution is 4.98. The summed E-state index contributed by atoms with van der Waals surface area (Å²) in [7, 11) is 0. The fourth-order valence-electron chi connectivity index (χ4n) is 2.02. The summed E-state index contributed by atoms with van der Waals surface area (Å²) in [6.07, 6.45) is 4.18. The summed E-state index contributed by atoms with van der Waals surface area (Å²) in [5.74, 6) is 0. The van der Waals surface area contributed by atoms with Crippen LogP contribution in [0.5, 0.6) is 0 Å². The highest BCUT2D eigenvalue weighted by atomic mass is 16.6. The van der Waals surface area contributed by atoms with Gasteiger partial charge in [-0.05, 0) is 19.8 Å². The Balaban J connectivity index is 2.46. The van der Waals surface area contributed by atoms with Crippen molar-refractivity contribution in [1.29, 1.82) is 0 Å². The minimum absolute atomic E-state index is 0.109. The molecule has 1 saturated heterocycles. The lowest BCUT2D eigenvalue weighted by molar-refractivity contribution is -0.00537. The first-order valence-electron chi connectivity index (χ1n) is 5.02. The van der Waals surface area contributed by atoms with Crippen LogP contribution in [0.15, 0.2) is 0 Å². The van der Waals surface area contributed by atoms with Crippen molar-refractivity contribution in [3.8, 4) is 0 Å². The molecule has 2 unspecified atom stereocenters. The van der Waals surface area contributed by atoms with Gasteiger partial charge in [-0.15, -0.1) is 0 Å². The molecule has 1 N–H and O–H groups in total. The van der Waals surface area contributed by atoms with Crippen LogP contribution in [0.1, 0.15) is 46.5 Å².